The summed E-state index contributed by atoms with van der Waals surface area (Å²) in [6.45, 7) is 0. The van der Waals surface area contributed by atoms with Crippen molar-refractivity contribution in [2.75, 3.05) is 7.11 Å². The zero-order valence-corrected chi connectivity index (χ0v) is 7.43. The zero-order valence-electron chi connectivity index (χ0n) is 7.43. The first-order chi connectivity index (χ1) is 6.29. The Morgan fingerprint density at radius 3 is 2.77 bits per heavy atom. The van der Waals surface area contributed by atoms with Gasteiger partial charge in [-0.25, -0.2) is 0 Å². The largest absolute Gasteiger partial charge is 0.508 e. The van der Waals surface area contributed by atoms with Gasteiger partial charge in [0.05, 0.1) is 6.10 Å². The Labute approximate surface area is 77.0 Å². The van der Waals surface area contributed by atoms with Gasteiger partial charge >= 0.3 is 0 Å². The molecule has 13 heavy (non-hydrogen) atoms. The van der Waals surface area contributed by atoms with Crippen molar-refractivity contribution < 1.29 is 14.6 Å². The molecule has 1 atom stereocenters. The summed E-state index contributed by atoms with van der Waals surface area (Å²) in [7, 11) is 1.51. The van der Waals surface area contributed by atoms with Crippen LogP contribution in [0.15, 0.2) is 24.3 Å². The van der Waals surface area contributed by atoms with Crippen LogP contribution in [-0.2, 0) is 9.53 Å². The van der Waals surface area contributed by atoms with Crippen molar-refractivity contribution in [1.82, 2.24) is 0 Å². The predicted octanol–water partition coefficient (Wildman–Crippen LogP) is 1.67. The van der Waals surface area contributed by atoms with Crippen LogP contribution in [0.1, 0.15) is 18.1 Å². The molecule has 0 bridgehead atoms. The zero-order chi connectivity index (χ0) is 9.68. The quantitative estimate of drug-likeness (QED) is 0.717. The molecular formula is C10H12O3. The van der Waals surface area contributed by atoms with E-state index in [-0.39, 0.29) is 18.3 Å². The second-order valence-electron chi connectivity index (χ2n) is 2.69. The van der Waals surface area contributed by atoms with Gasteiger partial charge in [0.2, 0.25) is 0 Å². The standard InChI is InChI=1S/C10H12O3/c1-13-10(6-7-11)8-4-2-3-5-9(8)12/h2-5,7,10,12H,6H2,1H3. The number of hydrogen-bond donors (Lipinski definition) is 1. The molecule has 1 aromatic rings. The summed E-state index contributed by atoms with van der Waals surface area (Å²) < 4.78 is 5.07. The van der Waals surface area contributed by atoms with Crippen LogP contribution in [-0.4, -0.2) is 18.5 Å². The summed E-state index contributed by atoms with van der Waals surface area (Å²) >= 11 is 0. The van der Waals surface area contributed by atoms with E-state index in [9.17, 15) is 9.90 Å². The Balaban J connectivity index is 2.90. The van der Waals surface area contributed by atoms with Crippen LogP contribution < -0.4 is 0 Å². The van der Waals surface area contributed by atoms with Gasteiger partial charge in [-0.2, -0.15) is 0 Å². The minimum Gasteiger partial charge on any atom is -0.508 e. The molecule has 0 heterocycles. The Morgan fingerprint density at radius 1 is 1.54 bits per heavy atom. The molecular weight excluding hydrogens is 168 g/mol. The number of rotatable bonds is 4. The summed E-state index contributed by atoms with van der Waals surface area (Å²) in [6.07, 6.45) is 0.688. The van der Waals surface area contributed by atoms with E-state index in [1.807, 2.05) is 0 Å². The number of benzene rings is 1. The van der Waals surface area contributed by atoms with Crippen LogP contribution in [0.3, 0.4) is 0 Å². The molecule has 0 radical (unpaired) electrons. The van der Waals surface area contributed by atoms with Crippen LogP contribution in [0.2, 0.25) is 0 Å². The molecule has 0 amide bonds. The molecule has 1 rings (SSSR count). The molecule has 70 valence electrons. The van der Waals surface area contributed by atoms with E-state index >= 15 is 0 Å². The molecule has 3 heteroatoms. The van der Waals surface area contributed by atoms with Crippen molar-refractivity contribution >= 4 is 6.29 Å². The van der Waals surface area contributed by atoms with Crippen LogP contribution in [0.4, 0.5) is 0 Å². The highest BCUT2D eigenvalue weighted by Crippen LogP contribution is 2.27. The van der Waals surface area contributed by atoms with Crippen molar-refractivity contribution in [3.63, 3.8) is 0 Å². The summed E-state index contributed by atoms with van der Waals surface area (Å²) in [6, 6.07) is 6.84. The van der Waals surface area contributed by atoms with Gasteiger partial charge in [-0.15, -0.1) is 0 Å². The number of aromatic hydroxyl groups is 1. The van der Waals surface area contributed by atoms with Crippen LogP contribution in [0, 0.1) is 0 Å². The normalized spacial score (nSPS) is 12.4. The number of ether oxygens (including phenoxy) is 1. The second-order valence-corrected chi connectivity index (χ2v) is 2.69. The van der Waals surface area contributed by atoms with Crippen LogP contribution in [0.5, 0.6) is 5.75 Å². The lowest BCUT2D eigenvalue weighted by molar-refractivity contribution is -0.110. The molecule has 1 unspecified atom stereocenters. The maximum absolute atomic E-state index is 10.3. The Kier molecular flexibility index (Phi) is 3.46. The molecule has 1 N–H and O–H groups in total. The maximum atomic E-state index is 10.3. The summed E-state index contributed by atoms with van der Waals surface area (Å²) in [4.78, 5) is 10.3. The number of phenols is 1. The SMILES string of the molecule is COC(CC=O)c1ccccc1O. The fourth-order valence-corrected chi connectivity index (χ4v) is 1.20. The molecule has 0 saturated heterocycles. The van der Waals surface area contributed by atoms with E-state index in [0.29, 0.717) is 5.56 Å². The van der Waals surface area contributed by atoms with Crippen molar-refractivity contribution in [1.29, 1.82) is 0 Å². The third-order valence-corrected chi connectivity index (χ3v) is 1.88. The first-order valence-electron chi connectivity index (χ1n) is 4.04. The van der Waals surface area contributed by atoms with E-state index in [1.165, 1.54) is 7.11 Å². The monoisotopic (exact) mass is 180 g/mol. The van der Waals surface area contributed by atoms with Crippen molar-refractivity contribution in [2.24, 2.45) is 0 Å². The summed E-state index contributed by atoms with van der Waals surface area (Å²) in [5.74, 6) is 0.163. The average molecular weight is 180 g/mol. The third kappa shape index (κ3) is 2.29. The average Bonchev–Trinajstić information content (AvgIpc) is 2.16. The van der Waals surface area contributed by atoms with Crippen molar-refractivity contribution in [3.05, 3.63) is 29.8 Å². The molecule has 0 saturated carbocycles. The third-order valence-electron chi connectivity index (χ3n) is 1.88. The molecule has 0 aromatic heterocycles. The number of hydrogen-bond acceptors (Lipinski definition) is 3. The maximum Gasteiger partial charge on any atom is 0.122 e. The number of phenolic OH excluding ortho intramolecular Hbond substituents is 1. The Bertz CT molecular complexity index is 283. The van der Waals surface area contributed by atoms with Gasteiger partial charge in [-0.3, -0.25) is 0 Å². The molecule has 0 aliphatic heterocycles. The van der Waals surface area contributed by atoms with Gasteiger partial charge in [0.25, 0.3) is 0 Å². The number of aldehydes is 1. The Hall–Kier alpha value is -1.35. The van der Waals surface area contributed by atoms with Crippen molar-refractivity contribution in [3.8, 4) is 5.75 Å². The molecule has 3 nitrogen and oxygen atoms in total. The lowest BCUT2D eigenvalue weighted by Gasteiger charge is -2.13. The van der Waals surface area contributed by atoms with Gasteiger partial charge in [-0.05, 0) is 6.07 Å². The van der Waals surface area contributed by atoms with Crippen LogP contribution in [0.25, 0.3) is 0 Å². The number of carbonyl (C=O) groups excluding carboxylic acids is 1. The van der Waals surface area contributed by atoms with Crippen LogP contribution >= 0.6 is 0 Å². The fraction of sp³-hybridized carbons (Fsp3) is 0.300. The van der Waals surface area contributed by atoms with E-state index in [0.717, 1.165) is 6.29 Å². The smallest absolute Gasteiger partial charge is 0.122 e. The van der Waals surface area contributed by atoms with Gasteiger partial charge in [-0.1, -0.05) is 18.2 Å². The number of carbonyl (C=O) groups is 1. The molecule has 1 aromatic carbocycles. The molecule has 0 fully saturated rings. The van der Waals surface area contributed by atoms with Gasteiger partial charge in [0.1, 0.15) is 12.0 Å². The van der Waals surface area contributed by atoms with Gasteiger partial charge < -0.3 is 14.6 Å². The highest BCUT2D eigenvalue weighted by molar-refractivity contribution is 5.52. The van der Waals surface area contributed by atoms with E-state index in [2.05, 4.69) is 0 Å². The number of methoxy groups -OCH3 is 1. The topological polar surface area (TPSA) is 46.5 Å². The molecule has 0 aliphatic rings. The minimum absolute atomic E-state index is 0.163. The van der Waals surface area contributed by atoms with Gasteiger partial charge in [0, 0.05) is 19.1 Å². The fourth-order valence-electron chi connectivity index (χ4n) is 1.20. The first-order valence-corrected chi connectivity index (χ1v) is 4.04. The van der Waals surface area contributed by atoms with E-state index in [4.69, 9.17) is 4.74 Å². The molecule has 0 spiro atoms. The van der Waals surface area contributed by atoms with Gasteiger partial charge in [0.15, 0.2) is 0 Å². The summed E-state index contributed by atoms with van der Waals surface area (Å²) in [5, 5.41) is 9.44. The van der Waals surface area contributed by atoms with E-state index < -0.39 is 0 Å². The first kappa shape index (κ1) is 9.74. The lowest BCUT2D eigenvalue weighted by Crippen LogP contribution is -2.02. The highest BCUT2D eigenvalue weighted by Gasteiger charge is 2.12. The second kappa shape index (κ2) is 4.62. The lowest BCUT2D eigenvalue weighted by atomic mass is 10.1. The van der Waals surface area contributed by atoms with E-state index in [1.54, 1.807) is 24.3 Å². The molecule has 0 aliphatic carbocycles. The minimum atomic E-state index is -0.348. The number of para-hydroxylation sites is 1. The summed E-state index contributed by atoms with van der Waals surface area (Å²) in [5.41, 5.74) is 0.650. The predicted molar refractivity (Wildman–Crippen MR) is 48.5 cm³/mol. The Morgan fingerprint density at radius 2 is 2.23 bits per heavy atom. The highest BCUT2D eigenvalue weighted by atomic mass is 16.5. The van der Waals surface area contributed by atoms with Crippen molar-refractivity contribution in [2.45, 2.75) is 12.5 Å².